The van der Waals surface area contributed by atoms with Crippen LogP contribution in [0.2, 0.25) is 0 Å². The molecule has 0 saturated carbocycles. The quantitative estimate of drug-likeness (QED) is 0.265. The third kappa shape index (κ3) is 10.2. The van der Waals surface area contributed by atoms with E-state index in [0.29, 0.717) is 0 Å². The molecule has 29 heavy (non-hydrogen) atoms. The summed E-state index contributed by atoms with van der Waals surface area (Å²) in [6.45, 7) is 7.63. The lowest BCUT2D eigenvalue weighted by Gasteiger charge is -2.05. The van der Waals surface area contributed by atoms with E-state index in [1.807, 2.05) is 24.3 Å². The molecular formula is C28H38O. The Hall–Kier alpha value is -2.20. The Morgan fingerprint density at radius 3 is 1.97 bits per heavy atom. The average Bonchev–Trinajstić information content (AvgIpc) is 2.73. The largest absolute Gasteiger partial charge is 0.494 e. The van der Waals surface area contributed by atoms with E-state index in [1.54, 1.807) is 0 Å². The van der Waals surface area contributed by atoms with Gasteiger partial charge >= 0.3 is 0 Å². The molecule has 0 heterocycles. The lowest BCUT2D eigenvalue weighted by Crippen LogP contribution is -1.96. The number of hydrogen-bond acceptors (Lipinski definition) is 1. The Labute approximate surface area is 178 Å². The maximum atomic E-state index is 5.79. The van der Waals surface area contributed by atoms with Gasteiger partial charge in [0.05, 0.1) is 6.61 Å². The zero-order valence-electron chi connectivity index (χ0n) is 18.7. The van der Waals surface area contributed by atoms with Crippen molar-refractivity contribution in [3.63, 3.8) is 0 Å². The van der Waals surface area contributed by atoms with Crippen molar-refractivity contribution in [2.45, 2.75) is 78.6 Å². The van der Waals surface area contributed by atoms with Crippen LogP contribution < -0.4 is 4.74 Å². The van der Waals surface area contributed by atoms with Crippen molar-refractivity contribution in [3.05, 3.63) is 65.2 Å². The van der Waals surface area contributed by atoms with E-state index in [4.69, 9.17) is 4.74 Å². The summed E-state index contributed by atoms with van der Waals surface area (Å²) in [5, 5.41) is 0. The normalized spacial score (nSPS) is 10.6. The summed E-state index contributed by atoms with van der Waals surface area (Å²) in [5.41, 5.74) is 3.52. The number of benzene rings is 2. The van der Waals surface area contributed by atoms with Crippen molar-refractivity contribution >= 4 is 0 Å². The van der Waals surface area contributed by atoms with Crippen molar-refractivity contribution in [1.82, 2.24) is 0 Å². The first kappa shape index (κ1) is 23.1. The summed E-state index contributed by atoms with van der Waals surface area (Å²) < 4.78 is 5.79. The maximum Gasteiger partial charge on any atom is 0.119 e. The van der Waals surface area contributed by atoms with Crippen LogP contribution in [0.3, 0.4) is 0 Å². The molecular weight excluding hydrogens is 352 g/mol. The summed E-state index contributed by atoms with van der Waals surface area (Å²) in [6, 6.07) is 16.9. The minimum Gasteiger partial charge on any atom is -0.494 e. The van der Waals surface area contributed by atoms with E-state index in [9.17, 15) is 0 Å². The minimum absolute atomic E-state index is 0.801. The van der Waals surface area contributed by atoms with E-state index in [-0.39, 0.29) is 0 Å². The van der Waals surface area contributed by atoms with Gasteiger partial charge in [0.15, 0.2) is 0 Å². The predicted molar refractivity (Wildman–Crippen MR) is 126 cm³/mol. The van der Waals surface area contributed by atoms with Crippen LogP contribution >= 0.6 is 0 Å². The second-order valence-corrected chi connectivity index (χ2v) is 8.37. The molecule has 0 unspecified atom stereocenters. The third-order valence-electron chi connectivity index (χ3n) is 5.17. The highest BCUT2D eigenvalue weighted by Crippen LogP contribution is 2.14. The maximum absolute atomic E-state index is 5.79. The molecule has 1 heteroatoms. The second-order valence-electron chi connectivity index (χ2n) is 8.37. The van der Waals surface area contributed by atoms with Crippen LogP contribution in [0, 0.1) is 17.8 Å². The second kappa shape index (κ2) is 13.9. The first-order chi connectivity index (χ1) is 14.2. The van der Waals surface area contributed by atoms with Crippen molar-refractivity contribution in [2.24, 2.45) is 5.92 Å². The number of hydrogen-bond donors (Lipinski definition) is 0. The van der Waals surface area contributed by atoms with Crippen LogP contribution in [0.15, 0.2) is 48.5 Å². The predicted octanol–water partition coefficient (Wildman–Crippen LogP) is 7.80. The van der Waals surface area contributed by atoms with E-state index in [0.717, 1.165) is 35.8 Å². The van der Waals surface area contributed by atoms with Crippen LogP contribution in [0.4, 0.5) is 0 Å². The molecule has 156 valence electrons. The van der Waals surface area contributed by atoms with Crippen LogP contribution in [-0.4, -0.2) is 6.61 Å². The van der Waals surface area contributed by atoms with Gasteiger partial charge in [-0.3, -0.25) is 0 Å². The molecule has 0 saturated heterocycles. The molecule has 0 N–H and O–H groups in total. The Morgan fingerprint density at radius 1 is 0.724 bits per heavy atom. The number of unbranched alkanes of at least 4 members (excludes halogenated alkanes) is 5. The van der Waals surface area contributed by atoms with Gasteiger partial charge in [0.1, 0.15) is 5.75 Å². The smallest absolute Gasteiger partial charge is 0.119 e. The van der Waals surface area contributed by atoms with Crippen molar-refractivity contribution in [3.8, 4) is 17.6 Å². The number of rotatable bonds is 12. The first-order valence-electron chi connectivity index (χ1n) is 11.5. The van der Waals surface area contributed by atoms with E-state index in [1.165, 1.54) is 56.9 Å². The average molecular weight is 391 g/mol. The molecule has 0 amide bonds. The highest BCUT2D eigenvalue weighted by Gasteiger charge is 1.97. The summed E-state index contributed by atoms with van der Waals surface area (Å²) in [4.78, 5) is 0. The van der Waals surface area contributed by atoms with Crippen molar-refractivity contribution in [1.29, 1.82) is 0 Å². The molecule has 0 aliphatic heterocycles. The number of aryl methyl sites for hydroxylation is 1. The SMILES string of the molecule is CCCCCCOc1ccc(C#Cc2ccc(CCCCCC(C)C)cc2)cc1. The fourth-order valence-corrected chi connectivity index (χ4v) is 3.31. The molecule has 2 aromatic rings. The van der Waals surface area contributed by atoms with Gasteiger partial charge in [0, 0.05) is 11.1 Å². The number of ether oxygens (including phenoxy) is 1. The Morgan fingerprint density at radius 2 is 1.34 bits per heavy atom. The Bertz CT molecular complexity index is 729. The van der Waals surface area contributed by atoms with E-state index in [2.05, 4.69) is 56.9 Å². The monoisotopic (exact) mass is 390 g/mol. The van der Waals surface area contributed by atoms with Gasteiger partial charge in [-0.05, 0) is 67.1 Å². The van der Waals surface area contributed by atoms with Crippen molar-refractivity contribution < 1.29 is 4.74 Å². The molecule has 0 bridgehead atoms. The Kier molecular flexibility index (Phi) is 11.1. The summed E-state index contributed by atoms with van der Waals surface area (Å²) >= 11 is 0. The van der Waals surface area contributed by atoms with Gasteiger partial charge in [-0.25, -0.2) is 0 Å². The lowest BCUT2D eigenvalue weighted by molar-refractivity contribution is 0.305. The van der Waals surface area contributed by atoms with Crippen LogP contribution in [0.1, 0.15) is 88.8 Å². The highest BCUT2D eigenvalue weighted by atomic mass is 16.5. The fourth-order valence-electron chi connectivity index (χ4n) is 3.31. The molecule has 0 aliphatic carbocycles. The summed E-state index contributed by atoms with van der Waals surface area (Å²) in [7, 11) is 0. The van der Waals surface area contributed by atoms with Crippen molar-refractivity contribution in [2.75, 3.05) is 6.61 Å². The highest BCUT2D eigenvalue weighted by molar-refractivity contribution is 5.44. The first-order valence-corrected chi connectivity index (χ1v) is 11.5. The van der Waals surface area contributed by atoms with Gasteiger partial charge < -0.3 is 4.74 Å². The van der Waals surface area contributed by atoms with E-state index >= 15 is 0 Å². The van der Waals surface area contributed by atoms with Crippen LogP contribution in [0.25, 0.3) is 0 Å². The van der Waals surface area contributed by atoms with Gasteiger partial charge in [-0.1, -0.05) is 83.3 Å². The molecule has 0 fully saturated rings. The van der Waals surface area contributed by atoms with Crippen LogP contribution in [0.5, 0.6) is 5.75 Å². The third-order valence-corrected chi connectivity index (χ3v) is 5.17. The molecule has 0 spiro atoms. The molecule has 0 aliphatic rings. The fraction of sp³-hybridized carbons (Fsp3) is 0.500. The van der Waals surface area contributed by atoms with Crippen LogP contribution in [-0.2, 0) is 6.42 Å². The molecule has 0 atom stereocenters. The molecule has 0 aromatic heterocycles. The van der Waals surface area contributed by atoms with Gasteiger partial charge in [-0.2, -0.15) is 0 Å². The van der Waals surface area contributed by atoms with E-state index < -0.39 is 0 Å². The summed E-state index contributed by atoms with van der Waals surface area (Å²) in [5.74, 6) is 8.29. The standard InChI is InChI=1S/C28H38O/c1-4-5-6-10-23-29-28-21-19-27(20-22-28)18-17-26-15-13-25(14-16-26)12-9-7-8-11-24(2)3/h13-16,19-22,24H,4-12,23H2,1-3H3. The van der Waals surface area contributed by atoms with Gasteiger partial charge in [0.25, 0.3) is 0 Å². The van der Waals surface area contributed by atoms with Gasteiger partial charge in [0.2, 0.25) is 0 Å². The minimum atomic E-state index is 0.801. The zero-order valence-corrected chi connectivity index (χ0v) is 18.7. The van der Waals surface area contributed by atoms with Gasteiger partial charge in [-0.15, -0.1) is 0 Å². The molecule has 1 nitrogen and oxygen atoms in total. The summed E-state index contributed by atoms with van der Waals surface area (Å²) in [6.07, 6.45) is 11.4. The zero-order chi connectivity index (χ0) is 20.7. The lowest BCUT2D eigenvalue weighted by atomic mass is 10.0. The Balaban J connectivity index is 1.74. The molecule has 0 radical (unpaired) electrons. The molecule has 2 aromatic carbocycles. The molecule has 2 rings (SSSR count). The topological polar surface area (TPSA) is 9.23 Å².